The average molecular weight is 348 g/mol. The molecule has 2 aliphatic carbocycles. The Morgan fingerprint density at radius 3 is 1.92 bits per heavy atom. The summed E-state index contributed by atoms with van der Waals surface area (Å²) in [6, 6.07) is 1.58. The first kappa shape index (κ1) is 18.5. The van der Waals surface area contributed by atoms with Crippen LogP contribution in [-0.2, 0) is 0 Å². The third kappa shape index (κ3) is 3.80. The highest BCUT2D eigenvalue weighted by atomic mass is 19.2. The molecular weight excluding hydrogens is 318 g/mol. The van der Waals surface area contributed by atoms with E-state index in [1.54, 1.807) is 13.0 Å². The van der Waals surface area contributed by atoms with Crippen molar-refractivity contribution in [1.29, 1.82) is 0 Å². The number of carbonyl (C=O) groups excluding carboxylic acids is 1. The summed E-state index contributed by atoms with van der Waals surface area (Å²) < 4.78 is 28.2. The average Bonchev–Trinajstić information content (AvgIpc) is 2.60. The van der Waals surface area contributed by atoms with Crippen LogP contribution in [0, 0.1) is 49.2 Å². The maximum absolute atomic E-state index is 14.3. The molecular formula is C22H30F2O. The maximum atomic E-state index is 14.3. The minimum absolute atomic E-state index is 0.0157. The lowest BCUT2D eigenvalue weighted by molar-refractivity contribution is 0.0826. The molecule has 0 unspecified atom stereocenters. The van der Waals surface area contributed by atoms with Crippen molar-refractivity contribution in [2.24, 2.45) is 23.7 Å². The molecule has 0 radical (unpaired) electrons. The molecule has 0 aliphatic heterocycles. The maximum Gasteiger partial charge on any atom is 0.170 e. The molecule has 3 heteroatoms. The van der Waals surface area contributed by atoms with Gasteiger partial charge in [-0.05, 0) is 81.3 Å². The van der Waals surface area contributed by atoms with Crippen LogP contribution in [0.5, 0.6) is 0 Å². The summed E-state index contributed by atoms with van der Waals surface area (Å²) in [5.41, 5.74) is 0.810. The number of Topliss-reactive ketones (excluding diaryl/α,β-unsaturated/α-hetero) is 1. The summed E-state index contributed by atoms with van der Waals surface area (Å²) in [5, 5.41) is 0. The van der Waals surface area contributed by atoms with Crippen LogP contribution in [0.3, 0.4) is 0 Å². The standard InChI is InChI=1S/C22H30F2O/c1-13-4-6-16(7-5-13)17-8-10-18(11-9-17)22(25)19-14(2)12-15(3)20(23)21(19)24/h12-13,16-18H,4-11H2,1-3H3. The van der Waals surface area contributed by atoms with Crippen LogP contribution in [0.1, 0.15) is 79.8 Å². The van der Waals surface area contributed by atoms with Crippen molar-refractivity contribution in [3.8, 4) is 0 Å². The Bertz CT molecular complexity index is 636. The summed E-state index contributed by atoms with van der Waals surface area (Å²) in [6.07, 6.45) is 9.07. The van der Waals surface area contributed by atoms with Gasteiger partial charge in [-0.1, -0.05) is 25.8 Å². The monoisotopic (exact) mass is 348 g/mol. The Hall–Kier alpha value is -1.25. The molecule has 0 bridgehead atoms. The van der Waals surface area contributed by atoms with Crippen molar-refractivity contribution in [3.63, 3.8) is 0 Å². The molecule has 1 aromatic rings. The molecule has 0 spiro atoms. The van der Waals surface area contributed by atoms with E-state index in [1.165, 1.54) is 32.6 Å². The minimum atomic E-state index is -0.953. The molecule has 0 saturated heterocycles. The molecule has 138 valence electrons. The number of carbonyl (C=O) groups is 1. The Balaban J connectivity index is 1.65. The molecule has 0 atom stereocenters. The van der Waals surface area contributed by atoms with E-state index in [4.69, 9.17) is 0 Å². The Morgan fingerprint density at radius 2 is 1.36 bits per heavy atom. The van der Waals surface area contributed by atoms with Gasteiger partial charge in [0.15, 0.2) is 17.4 Å². The second kappa shape index (κ2) is 7.55. The van der Waals surface area contributed by atoms with E-state index in [-0.39, 0.29) is 22.8 Å². The second-order valence-corrected chi connectivity index (χ2v) is 8.51. The lowest BCUT2D eigenvalue weighted by Gasteiger charge is -2.37. The van der Waals surface area contributed by atoms with E-state index in [0.717, 1.165) is 43.4 Å². The summed E-state index contributed by atoms with van der Waals surface area (Å²) in [6.45, 7) is 5.58. The SMILES string of the molecule is Cc1cc(C)c(C(=O)C2CCC(C3CCC(C)CC3)CC2)c(F)c1F. The zero-order valence-corrected chi connectivity index (χ0v) is 15.7. The van der Waals surface area contributed by atoms with Crippen molar-refractivity contribution in [3.05, 3.63) is 34.4 Å². The van der Waals surface area contributed by atoms with Gasteiger partial charge in [0.2, 0.25) is 0 Å². The molecule has 1 nitrogen and oxygen atoms in total. The number of hydrogen-bond donors (Lipinski definition) is 0. The van der Waals surface area contributed by atoms with Crippen molar-refractivity contribution in [2.45, 2.75) is 72.1 Å². The van der Waals surface area contributed by atoms with Gasteiger partial charge in [0.25, 0.3) is 0 Å². The summed E-state index contributed by atoms with van der Waals surface area (Å²) in [7, 11) is 0. The van der Waals surface area contributed by atoms with Gasteiger partial charge in [0.05, 0.1) is 5.56 Å². The first-order chi connectivity index (χ1) is 11.9. The van der Waals surface area contributed by atoms with E-state index < -0.39 is 11.6 Å². The van der Waals surface area contributed by atoms with Crippen LogP contribution in [0.15, 0.2) is 6.07 Å². The highest BCUT2D eigenvalue weighted by Gasteiger charge is 2.34. The third-order valence-electron chi connectivity index (χ3n) is 6.70. The second-order valence-electron chi connectivity index (χ2n) is 8.51. The Labute approximate surface area is 150 Å². The fourth-order valence-corrected chi connectivity index (χ4v) is 5.03. The largest absolute Gasteiger partial charge is 0.294 e. The molecule has 0 amide bonds. The van der Waals surface area contributed by atoms with Crippen LogP contribution in [0.2, 0.25) is 0 Å². The number of benzene rings is 1. The number of hydrogen-bond acceptors (Lipinski definition) is 1. The summed E-state index contributed by atoms with van der Waals surface area (Å²) >= 11 is 0. The molecule has 0 N–H and O–H groups in total. The predicted octanol–water partition coefficient (Wildman–Crippen LogP) is 6.40. The van der Waals surface area contributed by atoms with E-state index in [0.29, 0.717) is 5.56 Å². The normalized spacial score (nSPS) is 30.3. The molecule has 25 heavy (non-hydrogen) atoms. The fraction of sp³-hybridized carbons (Fsp3) is 0.682. The van der Waals surface area contributed by atoms with Crippen molar-refractivity contribution in [1.82, 2.24) is 0 Å². The van der Waals surface area contributed by atoms with Crippen molar-refractivity contribution >= 4 is 5.78 Å². The van der Waals surface area contributed by atoms with E-state index >= 15 is 0 Å². The lowest BCUT2D eigenvalue weighted by atomic mass is 9.68. The summed E-state index contributed by atoms with van der Waals surface area (Å²) in [4.78, 5) is 12.8. The van der Waals surface area contributed by atoms with E-state index in [2.05, 4.69) is 6.92 Å². The topological polar surface area (TPSA) is 17.1 Å². The summed E-state index contributed by atoms with van der Waals surface area (Å²) in [5.74, 6) is 0.222. The van der Waals surface area contributed by atoms with Crippen LogP contribution < -0.4 is 0 Å². The first-order valence-electron chi connectivity index (χ1n) is 9.87. The quantitative estimate of drug-likeness (QED) is 0.578. The van der Waals surface area contributed by atoms with Crippen molar-refractivity contribution < 1.29 is 13.6 Å². The van der Waals surface area contributed by atoms with Gasteiger partial charge in [0, 0.05) is 5.92 Å². The predicted molar refractivity (Wildman–Crippen MR) is 96.7 cm³/mol. The molecule has 0 aromatic heterocycles. The lowest BCUT2D eigenvalue weighted by Crippen LogP contribution is -2.28. The molecule has 3 rings (SSSR count). The van der Waals surface area contributed by atoms with Crippen LogP contribution in [0.25, 0.3) is 0 Å². The van der Waals surface area contributed by atoms with Crippen LogP contribution >= 0.6 is 0 Å². The van der Waals surface area contributed by atoms with Gasteiger partial charge in [-0.3, -0.25) is 4.79 Å². The molecule has 2 fully saturated rings. The highest BCUT2D eigenvalue weighted by molar-refractivity contribution is 5.99. The van der Waals surface area contributed by atoms with Gasteiger partial charge in [0.1, 0.15) is 0 Å². The van der Waals surface area contributed by atoms with Gasteiger partial charge in [-0.15, -0.1) is 0 Å². The number of aryl methyl sites for hydroxylation is 2. The highest BCUT2D eigenvalue weighted by Crippen LogP contribution is 2.42. The first-order valence-corrected chi connectivity index (χ1v) is 9.87. The molecule has 0 heterocycles. The van der Waals surface area contributed by atoms with Crippen LogP contribution in [-0.4, -0.2) is 5.78 Å². The van der Waals surface area contributed by atoms with Crippen molar-refractivity contribution in [2.75, 3.05) is 0 Å². The van der Waals surface area contributed by atoms with Gasteiger partial charge >= 0.3 is 0 Å². The van der Waals surface area contributed by atoms with Gasteiger partial charge < -0.3 is 0 Å². The Kier molecular flexibility index (Phi) is 5.60. The molecule has 1 aromatic carbocycles. The van der Waals surface area contributed by atoms with E-state index in [9.17, 15) is 13.6 Å². The van der Waals surface area contributed by atoms with E-state index in [1.807, 2.05) is 0 Å². The zero-order valence-electron chi connectivity index (χ0n) is 15.7. The number of halogens is 2. The molecule has 2 saturated carbocycles. The fourth-order valence-electron chi connectivity index (χ4n) is 5.03. The Morgan fingerprint density at radius 1 is 0.840 bits per heavy atom. The zero-order chi connectivity index (χ0) is 18.1. The molecule has 2 aliphatic rings. The smallest absolute Gasteiger partial charge is 0.170 e. The van der Waals surface area contributed by atoms with Gasteiger partial charge in [-0.2, -0.15) is 0 Å². The van der Waals surface area contributed by atoms with Gasteiger partial charge in [-0.25, -0.2) is 8.78 Å². The number of rotatable bonds is 3. The minimum Gasteiger partial charge on any atom is -0.294 e. The third-order valence-corrected chi connectivity index (χ3v) is 6.70. The number of ketones is 1. The van der Waals surface area contributed by atoms with Crippen LogP contribution in [0.4, 0.5) is 8.78 Å².